The van der Waals surface area contributed by atoms with E-state index in [1.807, 2.05) is 13.8 Å². The van der Waals surface area contributed by atoms with Crippen molar-refractivity contribution < 1.29 is 0 Å². The third-order valence-electron chi connectivity index (χ3n) is 1.93. The molecule has 0 aliphatic heterocycles. The van der Waals surface area contributed by atoms with E-state index >= 15 is 0 Å². The zero-order chi connectivity index (χ0) is 10.4. The molecule has 1 aromatic rings. The van der Waals surface area contributed by atoms with Gasteiger partial charge in [0.15, 0.2) is 0 Å². The molecule has 78 valence electrons. The van der Waals surface area contributed by atoms with Crippen molar-refractivity contribution in [3.05, 3.63) is 17.6 Å². The summed E-state index contributed by atoms with van der Waals surface area (Å²) in [6.07, 6.45) is 3.88. The van der Waals surface area contributed by atoms with Gasteiger partial charge in [-0.05, 0) is 26.7 Å². The molecule has 0 saturated carbocycles. The summed E-state index contributed by atoms with van der Waals surface area (Å²) >= 11 is 5.58. The summed E-state index contributed by atoms with van der Waals surface area (Å²) in [5, 5.41) is 3.26. The van der Waals surface area contributed by atoms with Gasteiger partial charge in [0.25, 0.3) is 0 Å². The van der Waals surface area contributed by atoms with Gasteiger partial charge in [0.2, 0.25) is 0 Å². The molecule has 0 aromatic carbocycles. The molecule has 0 saturated heterocycles. The van der Waals surface area contributed by atoms with E-state index < -0.39 is 0 Å². The second-order valence-electron chi connectivity index (χ2n) is 3.27. The van der Waals surface area contributed by atoms with Crippen LogP contribution in [0.5, 0.6) is 0 Å². The summed E-state index contributed by atoms with van der Waals surface area (Å²) in [4.78, 5) is 8.59. The highest BCUT2D eigenvalue weighted by molar-refractivity contribution is 6.17. The standard InChI is InChI=1S/C10H16ClN3/c1-8-7-13-9(2)10(14-8)12-6-4-3-5-11/h7H,3-6H2,1-2H3,(H,12,14). The minimum atomic E-state index is 0.722. The number of nitrogens with zero attached hydrogens (tertiary/aromatic N) is 2. The minimum Gasteiger partial charge on any atom is -0.369 e. The van der Waals surface area contributed by atoms with Crippen molar-refractivity contribution in [2.75, 3.05) is 17.7 Å². The van der Waals surface area contributed by atoms with Crippen LogP contribution in [-0.2, 0) is 0 Å². The Balaban J connectivity index is 2.45. The van der Waals surface area contributed by atoms with E-state index in [-0.39, 0.29) is 0 Å². The molecule has 0 unspecified atom stereocenters. The lowest BCUT2D eigenvalue weighted by atomic mass is 10.3. The Kier molecular flexibility index (Phi) is 4.66. The maximum Gasteiger partial charge on any atom is 0.147 e. The Hall–Kier alpha value is -0.830. The highest BCUT2D eigenvalue weighted by atomic mass is 35.5. The quantitative estimate of drug-likeness (QED) is 0.604. The molecule has 0 aliphatic carbocycles. The van der Waals surface area contributed by atoms with Gasteiger partial charge in [0.05, 0.1) is 11.4 Å². The fourth-order valence-corrected chi connectivity index (χ4v) is 1.32. The number of nitrogens with one attached hydrogen (secondary N) is 1. The second-order valence-corrected chi connectivity index (χ2v) is 3.65. The Morgan fingerprint density at radius 3 is 2.86 bits per heavy atom. The van der Waals surface area contributed by atoms with E-state index in [9.17, 15) is 0 Å². The lowest BCUT2D eigenvalue weighted by Crippen LogP contribution is -2.06. The van der Waals surface area contributed by atoms with Gasteiger partial charge in [-0.2, -0.15) is 0 Å². The number of unbranched alkanes of at least 4 members (excludes halogenated alkanes) is 1. The number of hydrogen-bond acceptors (Lipinski definition) is 3. The molecule has 0 atom stereocenters. The predicted octanol–water partition coefficient (Wildman–Crippen LogP) is 2.52. The monoisotopic (exact) mass is 213 g/mol. The summed E-state index contributed by atoms with van der Waals surface area (Å²) in [5.41, 5.74) is 1.89. The van der Waals surface area contributed by atoms with Gasteiger partial charge in [-0.25, -0.2) is 4.98 Å². The highest BCUT2D eigenvalue weighted by Crippen LogP contribution is 2.08. The van der Waals surface area contributed by atoms with Gasteiger partial charge < -0.3 is 5.32 Å². The van der Waals surface area contributed by atoms with Crippen molar-refractivity contribution in [3.8, 4) is 0 Å². The van der Waals surface area contributed by atoms with Crippen LogP contribution < -0.4 is 5.32 Å². The van der Waals surface area contributed by atoms with Crippen LogP contribution in [0.15, 0.2) is 6.20 Å². The molecule has 4 heteroatoms. The van der Waals surface area contributed by atoms with Crippen LogP contribution in [0.25, 0.3) is 0 Å². The molecular weight excluding hydrogens is 198 g/mol. The van der Waals surface area contributed by atoms with Crippen molar-refractivity contribution >= 4 is 17.4 Å². The smallest absolute Gasteiger partial charge is 0.147 e. The maximum atomic E-state index is 5.58. The first kappa shape index (κ1) is 11.2. The average molecular weight is 214 g/mol. The molecule has 0 aliphatic rings. The number of alkyl halides is 1. The number of anilines is 1. The normalized spacial score (nSPS) is 10.2. The van der Waals surface area contributed by atoms with Gasteiger partial charge >= 0.3 is 0 Å². The topological polar surface area (TPSA) is 37.8 Å². The highest BCUT2D eigenvalue weighted by Gasteiger charge is 1.99. The molecule has 0 bridgehead atoms. The van der Waals surface area contributed by atoms with Crippen LogP contribution in [0, 0.1) is 13.8 Å². The van der Waals surface area contributed by atoms with E-state index in [4.69, 9.17) is 11.6 Å². The zero-order valence-corrected chi connectivity index (χ0v) is 9.43. The van der Waals surface area contributed by atoms with E-state index in [0.717, 1.165) is 42.5 Å². The average Bonchev–Trinajstić information content (AvgIpc) is 2.18. The van der Waals surface area contributed by atoms with Crippen molar-refractivity contribution in [1.82, 2.24) is 9.97 Å². The van der Waals surface area contributed by atoms with E-state index in [1.165, 1.54) is 0 Å². The first-order valence-corrected chi connectivity index (χ1v) is 5.37. The Bertz CT molecular complexity index is 289. The zero-order valence-electron chi connectivity index (χ0n) is 8.68. The Morgan fingerprint density at radius 1 is 1.36 bits per heavy atom. The van der Waals surface area contributed by atoms with Crippen molar-refractivity contribution in [2.24, 2.45) is 0 Å². The van der Waals surface area contributed by atoms with Gasteiger partial charge in [0.1, 0.15) is 5.82 Å². The molecule has 1 rings (SSSR count). The molecule has 14 heavy (non-hydrogen) atoms. The largest absolute Gasteiger partial charge is 0.369 e. The molecule has 1 aromatic heterocycles. The first-order valence-electron chi connectivity index (χ1n) is 4.84. The fraction of sp³-hybridized carbons (Fsp3) is 0.600. The van der Waals surface area contributed by atoms with Gasteiger partial charge in [-0.1, -0.05) is 0 Å². The first-order chi connectivity index (χ1) is 6.74. The molecular formula is C10H16ClN3. The van der Waals surface area contributed by atoms with E-state index in [2.05, 4.69) is 15.3 Å². The van der Waals surface area contributed by atoms with Crippen LogP contribution in [0.2, 0.25) is 0 Å². The molecule has 1 heterocycles. The van der Waals surface area contributed by atoms with E-state index in [0.29, 0.717) is 0 Å². The molecule has 0 amide bonds. The fourth-order valence-electron chi connectivity index (χ4n) is 1.13. The third kappa shape index (κ3) is 3.50. The van der Waals surface area contributed by atoms with Crippen LogP contribution >= 0.6 is 11.6 Å². The van der Waals surface area contributed by atoms with Crippen molar-refractivity contribution in [3.63, 3.8) is 0 Å². The number of aryl methyl sites for hydroxylation is 2. The number of halogens is 1. The second kappa shape index (κ2) is 5.81. The summed E-state index contributed by atoms with van der Waals surface area (Å²) in [6, 6.07) is 0. The van der Waals surface area contributed by atoms with E-state index in [1.54, 1.807) is 6.20 Å². The van der Waals surface area contributed by atoms with Crippen molar-refractivity contribution in [2.45, 2.75) is 26.7 Å². The van der Waals surface area contributed by atoms with Gasteiger partial charge in [0, 0.05) is 18.6 Å². The van der Waals surface area contributed by atoms with Crippen LogP contribution in [0.1, 0.15) is 24.2 Å². The molecule has 0 fully saturated rings. The lowest BCUT2D eigenvalue weighted by molar-refractivity contribution is 0.832. The number of hydrogen-bond donors (Lipinski definition) is 1. The summed E-state index contributed by atoms with van der Waals surface area (Å²) < 4.78 is 0. The summed E-state index contributed by atoms with van der Waals surface area (Å²) in [6.45, 7) is 4.80. The van der Waals surface area contributed by atoms with Crippen LogP contribution in [-0.4, -0.2) is 22.4 Å². The Morgan fingerprint density at radius 2 is 2.14 bits per heavy atom. The molecule has 1 N–H and O–H groups in total. The number of aromatic nitrogens is 2. The third-order valence-corrected chi connectivity index (χ3v) is 2.20. The summed E-state index contributed by atoms with van der Waals surface area (Å²) in [7, 11) is 0. The SMILES string of the molecule is Cc1cnc(C)c(NCCCCCl)n1. The number of rotatable bonds is 5. The Labute approximate surface area is 89.9 Å². The van der Waals surface area contributed by atoms with Crippen LogP contribution in [0.3, 0.4) is 0 Å². The predicted molar refractivity (Wildman–Crippen MR) is 59.9 cm³/mol. The van der Waals surface area contributed by atoms with Crippen molar-refractivity contribution in [1.29, 1.82) is 0 Å². The minimum absolute atomic E-state index is 0.722. The molecule has 0 spiro atoms. The summed E-state index contributed by atoms with van der Waals surface area (Å²) in [5.74, 6) is 1.61. The molecule has 3 nitrogen and oxygen atoms in total. The maximum absolute atomic E-state index is 5.58. The van der Waals surface area contributed by atoms with Crippen LogP contribution in [0.4, 0.5) is 5.82 Å². The van der Waals surface area contributed by atoms with Gasteiger partial charge in [-0.3, -0.25) is 4.98 Å². The molecule has 0 radical (unpaired) electrons. The van der Waals surface area contributed by atoms with Gasteiger partial charge in [-0.15, -0.1) is 11.6 Å². The lowest BCUT2D eigenvalue weighted by Gasteiger charge is -2.07.